The van der Waals surface area contributed by atoms with Crippen LogP contribution in [0.3, 0.4) is 0 Å². The van der Waals surface area contributed by atoms with E-state index in [2.05, 4.69) is 332 Å². The minimum absolute atomic E-state index is 0.610. The molecule has 0 N–H and O–H groups in total. The number of hydrogen-bond acceptors (Lipinski definition) is 2. The lowest BCUT2D eigenvalue weighted by atomic mass is 9.69. The number of allylic oxidation sites excluding steroid dienone is 5. The molecule has 13 aromatic rings. The van der Waals surface area contributed by atoms with Gasteiger partial charge >= 0.3 is 0 Å². The molecule has 0 radical (unpaired) electrons. The molecule has 0 bridgehead atoms. The van der Waals surface area contributed by atoms with E-state index in [0.29, 0.717) is 0 Å². The lowest BCUT2D eigenvalue weighted by Crippen LogP contribution is -2.26. The molecule has 396 valence electrons. The average Bonchev–Trinajstić information content (AvgIpc) is 1.67. The van der Waals surface area contributed by atoms with Crippen molar-refractivity contribution < 1.29 is 0 Å². The third kappa shape index (κ3) is 8.25. The topological polar surface area (TPSA) is 6.48 Å². The zero-order valence-electron chi connectivity index (χ0n) is 46.7. The smallest absolute Gasteiger partial charge is 0.0731 e. The summed E-state index contributed by atoms with van der Waals surface area (Å²) in [6.45, 7) is 6.30. The van der Waals surface area contributed by atoms with E-state index in [-0.39, 0.29) is 0 Å². The molecule has 2 nitrogen and oxygen atoms in total. The molecule has 0 aliphatic heterocycles. The van der Waals surface area contributed by atoms with E-state index in [1.54, 1.807) is 0 Å². The fourth-order valence-electron chi connectivity index (χ4n) is 13.6. The average molecular weight is 1070 g/mol. The van der Waals surface area contributed by atoms with Gasteiger partial charge in [-0.3, -0.25) is 0 Å². The van der Waals surface area contributed by atoms with E-state index in [4.69, 9.17) is 0 Å². The molecule has 84 heavy (non-hydrogen) atoms. The van der Waals surface area contributed by atoms with E-state index in [1.807, 2.05) is 13.0 Å². The number of anilines is 6. The van der Waals surface area contributed by atoms with Crippen LogP contribution in [0.1, 0.15) is 34.7 Å². The Morgan fingerprint density at radius 1 is 0.345 bits per heavy atom. The number of para-hydroxylation sites is 2. The van der Waals surface area contributed by atoms with Gasteiger partial charge in [0.15, 0.2) is 0 Å². The molecule has 2 aliphatic carbocycles. The molecular weight excluding hydrogens is 1010 g/mol. The second kappa shape index (κ2) is 20.9. The molecule has 1 spiro atoms. The van der Waals surface area contributed by atoms with Crippen molar-refractivity contribution in [3.05, 3.63) is 356 Å². The van der Waals surface area contributed by atoms with E-state index in [9.17, 15) is 0 Å². The summed E-state index contributed by atoms with van der Waals surface area (Å²) in [6.07, 6.45) is 8.23. The number of hydrogen-bond donors (Lipinski definition) is 0. The maximum atomic E-state index is 4.25. The standard InChI is InChI=1S/C82H58N2/c1-3-5-25-56(4-2)61-41-46-69(58-28-13-7-14-29-58)79(54-61)84(66-34-19-10-20-35-66)68-45-49-71-63(50-68)43-48-74-75-52-60-40-44-67(51-64(60)53-78(75)82(81(71)74)76-38-23-21-36-72(76)73-37-22-24-39-77(73)82)83(65-32-17-9-18-33-65)80-55-62(57-26-11-6-12-27-57)42-47-70(80)59-30-15-8-16-31-59/h3-55H,2H2,1H3/b5-3-,56-25+. The van der Waals surface area contributed by atoms with Crippen LogP contribution in [-0.4, -0.2) is 0 Å². The van der Waals surface area contributed by atoms with Crippen LogP contribution in [0, 0.1) is 0 Å². The van der Waals surface area contributed by atoms with E-state index in [0.717, 1.165) is 67.5 Å². The number of rotatable bonds is 12. The van der Waals surface area contributed by atoms with Gasteiger partial charge in [0.05, 0.1) is 16.8 Å². The highest BCUT2D eigenvalue weighted by molar-refractivity contribution is 6.08. The molecule has 0 heterocycles. The van der Waals surface area contributed by atoms with Crippen molar-refractivity contribution >= 4 is 61.2 Å². The Morgan fingerprint density at radius 3 is 1.44 bits per heavy atom. The predicted octanol–water partition coefficient (Wildman–Crippen LogP) is 22.4. The number of fused-ring (bicyclic) bond motifs is 13. The van der Waals surface area contributed by atoms with Crippen molar-refractivity contribution in [2.24, 2.45) is 0 Å². The summed E-state index contributed by atoms with van der Waals surface area (Å²) in [5.41, 5.74) is 25.4. The largest absolute Gasteiger partial charge is 0.310 e. The summed E-state index contributed by atoms with van der Waals surface area (Å²) in [6, 6.07) is 110. The molecule has 0 unspecified atom stereocenters. The molecule has 0 atom stereocenters. The summed E-state index contributed by atoms with van der Waals surface area (Å²) < 4.78 is 0. The van der Waals surface area contributed by atoms with Gasteiger partial charge in [0.1, 0.15) is 0 Å². The van der Waals surface area contributed by atoms with Gasteiger partial charge in [-0.05, 0) is 179 Å². The highest BCUT2D eigenvalue weighted by Gasteiger charge is 2.52. The predicted molar refractivity (Wildman–Crippen MR) is 356 cm³/mol. The van der Waals surface area contributed by atoms with Crippen LogP contribution >= 0.6 is 0 Å². The van der Waals surface area contributed by atoms with Gasteiger partial charge in [0, 0.05) is 33.9 Å². The van der Waals surface area contributed by atoms with E-state index < -0.39 is 5.41 Å². The molecule has 0 fully saturated rings. The first-order chi connectivity index (χ1) is 41.6. The first kappa shape index (κ1) is 50.2. The molecule has 13 aromatic carbocycles. The van der Waals surface area contributed by atoms with Crippen LogP contribution in [-0.2, 0) is 5.41 Å². The monoisotopic (exact) mass is 1070 g/mol. The molecular formula is C82H58N2. The summed E-state index contributed by atoms with van der Waals surface area (Å²) in [5, 5.41) is 4.79. The van der Waals surface area contributed by atoms with Crippen molar-refractivity contribution in [2.75, 3.05) is 9.80 Å². The zero-order valence-corrected chi connectivity index (χ0v) is 46.7. The molecule has 0 aromatic heterocycles. The van der Waals surface area contributed by atoms with Gasteiger partial charge in [-0.2, -0.15) is 0 Å². The molecule has 15 rings (SSSR count). The van der Waals surface area contributed by atoms with E-state index >= 15 is 0 Å². The van der Waals surface area contributed by atoms with Crippen molar-refractivity contribution in [2.45, 2.75) is 12.3 Å². The van der Waals surface area contributed by atoms with Crippen molar-refractivity contribution in [3.63, 3.8) is 0 Å². The van der Waals surface area contributed by atoms with Crippen LogP contribution in [0.15, 0.2) is 328 Å². The quantitative estimate of drug-likeness (QED) is 0.113. The fraction of sp³-hybridized carbons (Fsp3) is 0.0244. The van der Waals surface area contributed by atoms with Crippen LogP contribution in [0.2, 0.25) is 0 Å². The molecule has 2 heteroatoms. The maximum Gasteiger partial charge on any atom is 0.0731 e. The van der Waals surface area contributed by atoms with Gasteiger partial charge in [-0.15, -0.1) is 0 Å². The van der Waals surface area contributed by atoms with Crippen molar-refractivity contribution in [1.82, 2.24) is 0 Å². The Morgan fingerprint density at radius 2 is 0.845 bits per heavy atom. The van der Waals surface area contributed by atoms with Crippen LogP contribution < -0.4 is 9.80 Å². The van der Waals surface area contributed by atoms with E-state index in [1.165, 1.54) is 77.2 Å². The highest BCUT2D eigenvalue weighted by Crippen LogP contribution is 2.65. The number of benzene rings is 13. The van der Waals surface area contributed by atoms with Crippen LogP contribution in [0.4, 0.5) is 34.1 Å². The van der Waals surface area contributed by atoms with Crippen LogP contribution in [0.5, 0.6) is 0 Å². The third-order valence-corrected chi connectivity index (χ3v) is 17.3. The minimum atomic E-state index is -0.610. The van der Waals surface area contributed by atoms with Gasteiger partial charge in [-0.25, -0.2) is 0 Å². The Bertz CT molecular complexity index is 4690. The molecule has 0 saturated heterocycles. The van der Waals surface area contributed by atoms with Crippen LogP contribution in [0.25, 0.3) is 82.8 Å². The van der Waals surface area contributed by atoms with Crippen molar-refractivity contribution in [3.8, 4) is 55.6 Å². The molecule has 0 amide bonds. The second-order valence-electron chi connectivity index (χ2n) is 21.9. The Balaban J connectivity index is 0.949. The Kier molecular flexibility index (Phi) is 12.5. The summed E-state index contributed by atoms with van der Waals surface area (Å²) in [4.78, 5) is 4.89. The first-order valence-electron chi connectivity index (χ1n) is 29.0. The molecule has 0 saturated carbocycles. The summed E-state index contributed by atoms with van der Waals surface area (Å²) in [5.74, 6) is 0. The van der Waals surface area contributed by atoms with Gasteiger partial charge in [0.25, 0.3) is 0 Å². The zero-order chi connectivity index (χ0) is 56.1. The Labute approximate surface area is 492 Å². The molecule has 2 aliphatic rings. The lowest BCUT2D eigenvalue weighted by molar-refractivity contribution is 0.802. The normalized spacial score (nSPS) is 12.8. The Hall–Kier alpha value is -10.8. The lowest BCUT2D eigenvalue weighted by Gasteiger charge is -2.32. The van der Waals surface area contributed by atoms with Gasteiger partial charge < -0.3 is 9.80 Å². The third-order valence-electron chi connectivity index (χ3n) is 17.3. The SMILES string of the molecule is C=C/C(=C\C=C/C)c1ccc(-c2ccccc2)c(N(c2ccccc2)c2ccc3c4c(ccc3c2)-c2cc3ccc(N(c5ccccc5)c5cc(-c6ccccc6)ccc5-c5ccccc5)cc3cc2C42c3ccccc3-c3ccccc32)c1. The second-order valence-corrected chi connectivity index (χ2v) is 21.9. The highest BCUT2D eigenvalue weighted by atomic mass is 15.2. The van der Waals surface area contributed by atoms with Gasteiger partial charge in [0.2, 0.25) is 0 Å². The van der Waals surface area contributed by atoms with Gasteiger partial charge in [-0.1, -0.05) is 255 Å². The summed E-state index contributed by atoms with van der Waals surface area (Å²) in [7, 11) is 0. The number of nitrogens with zero attached hydrogens (tertiary/aromatic N) is 2. The summed E-state index contributed by atoms with van der Waals surface area (Å²) >= 11 is 0. The fourth-order valence-corrected chi connectivity index (χ4v) is 13.6. The maximum absolute atomic E-state index is 4.25. The minimum Gasteiger partial charge on any atom is -0.310 e. The first-order valence-corrected chi connectivity index (χ1v) is 29.0. The van der Waals surface area contributed by atoms with Crippen molar-refractivity contribution in [1.29, 1.82) is 0 Å².